The molecule has 1 fully saturated rings. The molecule has 0 radical (unpaired) electrons. The van der Waals surface area contributed by atoms with E-state index in [4.69, 9.17) is 5.11 Å². The molecule has 1 saturated carbocycles. The van der Waals surface area contributed by atoms with Crippen molar-refractivity contribution in [2.24, 2.45) is 0 Å². The lowest BCUT2D eigenvalue weighted by atomic mass is 9.92. The fourth-order valence-corrected chi connectivity index (χ4v) is 1.70. The van der Waals surface area contributed by atoms with E-state index in [-0.39, 0.29) is 12.1 Å². The second kappa shape index (κ2) is 4.58. The SMILES string of the molecule is CC(N[C@@H]1CCCC[C@H]1O)C(=O)O. The molecular formula is C9H17NO3. The molecular weight excluding hydrogens is 170 g/mol. The zero-order valence-electron chi connectivity index (χ0n) is 7.86. The van der Waals surface area contributed by atoms with E-state index in [0.717, 1.165) is 25.7 Å². The first kappa shape index (κ1) is 10.5. The third-order valence-electron chi connectivity index (χ3n) is 2.56. The van der Waals surface area contributed by atoms with Crippen molar-refractivity contribution in [3.8, 4) is 0 Å². The standard InChI is InChI=1S/C9H17NO3/c1-6(9(12)13)10-7-4-2-3-5-8(7)11/h6-8,10-11H,2-5H2,1H3,(H,12,13)/t6?,7-,8-/m1/s1. The summed E-state index contributed by atoms with van der Waals surface area (Å²) in [5.74, 6) is -0.863. The predicted molar refractivity (Wildman–Crippen MR) is 48.5 cm³/mol. The van der Waals surface area contributed by atoms with Gasteiger partial charge in [0, 0.05) is 6.04 Å². The van der Waals surface area contributed by atoms with Crippen LogP contribution in [0.25, 0.3) is 0 Å². The predicted octanol–water partition coefficient (Wildman–Crippen LogP) is 0.353. The molecule has 4 nitrogen and oxygen atoms in total. The van der Waals surface area contributed by atoms with Crippen LogP contribution < -0.4 is 5.32 Å². The Kier molecular flexibility index (Phi) is 3.69. The van der Waals surface area contributed by atoms with Gasteiger partial charge in [-0.2, -0.15) is 0 Å². The molecule has 0 bridgehead atoms. The van der Waals surface area contributed by atoms with Crippen molar-refractivity contribution in [1.29, 1.82) is 0 Å². The Balaban J connectivity index is 2.37. The summed E-state index contributed by atoms with van der Waals surface area (Å²) in [7, 11) is 0. The summed E-state index contributed by atoms with van der Waals surface area (Å²) in [5, 5.41) is 21.1. The molecule has 1 unspecified atom stereocenters. The summed E-state index contributed by atoms with van der Waals surface area (Å²) in [6, 6.07) is -0.613. The molecule has 76 valence electrons. The molecule has 0 amide bonds. The van der Waals surface area contributed by atoms with Crippen LogP contribution in [0.4, 0.5) is 0 Å². The van der Waals surface area contributed by atoms with Crippen molar-refractivity contribution in [2.75, 3.05) is 0 Å². The Labute approximate surface area is 78.0 Å². The number of aliphatic hydroxyl groups is 1. The van der Waals surface area contributed by atoms with Crippen LogP contribution in [0.1, 0.15) is 32.6 Å². The van der Waals surface area contributed by atoms with E-state index in [2.05, 4.69) is 5.32 Å². The number of aliphatic carboxylic acids is 1. The Morgan fingerprint density at radius 1 is 1.46 bits per heavy atom. The van der Waals surface area contributed by atoms with Gasteiger partial charge >= 0.3 is 5.97 Å². The lowest BCUT2D eigenvalue weighted by Gasteiger charge is -2.29. The van der Waals surface area contributed by atoms with Crippen LogP contribution in [-0.2, 0) is 4.79 Å². The molecule has 0 spiro atoms. The maximum Gasteiger partial charge on any atom is 0.320 e. The summed E-state index contributed by atoms with van der Waals surface area (Å²) in [6.07, 6.45) is 3.39. The number of aliphatic hydroxyl groups excluding tert-OH is 1. The van der Waals surface area contributed by atoms with Crippen LogP contribution in [0.15, 0.2) is 0 Å². The second-order valence-corrected chi connectivity index (χ2v) is 3.68. The highest BCUT2D eigenvalue weighted by molar-refractivity contribution is 5.72. The summed E-state index contributed by atoms with van der Waals surface area (Å²) in [4.78, 5) is 10.5. The molecule has 1 aliphatic rings. The molecule has 1 rings (SSSR count). The third kappa shape index (κ3) is 2.97. The number of carboxylic acid groups (broad SMARTS) is 1. The fraction of sp³-hybridized carbons (Fsp3) is 0.889. The van der Waals surface area contributed by atoms with Crippen LogP contribution in [0.2, 0.25) is 0 Å². The zero-order chi connectivity index (χ0) is 9.84. The van der Waals surface area contributed by atoms with Crippen molar-refractivity contribution in [1.82, 2.24) is 5.32 Å². The Bertz CT molecular complexity index is 184. The van der Waals surface area contributed by atoms with Crippen LogP contribution in [0, 0.1) is 0 Å². The average molecular weight is 187 g/mol. The van der Waals surface area contributed by atoms with Gasteiger partial charge < -0.3 is 10.2 Å². The molecule has 0 heterocycles. The number of hydrogen-bond donors (Lipinski definition) is 3. The molecule has 3 N–H and O–H groups in total. The summed E-state index contributed by atoms with van der Waals surface area (Å²) in [5.41, 5.74) is 0. The van der Waals surface area contributed by atoms with Gasteiger partial charge in [0.2, 0.25) is 0 Å². The van der Waals surface area contributed by atoms with E-state index >= 15 is 0 Å². The largest absolute Gasteiger partial charge is 0.480 e. The Morgan fingerprint density at radius 3 is 2.62 bits per heavy atom. The maximum atomic E-state index is 10.5. The van der Waals surface area contributed by atoms with Crippen molar-refractivity contribution < 1.29 is 15.0 Å². The van der Waals surface area contributed by atoms with Gasteiger partial charge in [-0.15, -0.1) is 0 Å². The van der Waals surface area contributed by atoms with Gasteiger partial charge in [-0.3, -0.25) is 10.1 Å². The van der Waals surface area contributed by atoms with Gasteiger partial charge in [0.25, 0.3) is 0 Å². The summed E-state index contributed by atoms with van der Waals surface area (Å²) in [6.45, 7) is 1.60. The van der Waals surface area contributed by atoms with Gasteiger partial charge in [-0.25, -0.2) is 0 Å². The minimum absolute atomic E-state index is 0.0418. The van der Waals surface area contributed by atoms with E-state index in [1.807, 2.05) is 0 Å². The number of carboxylic acids is 1. The minimum Gasteiger partial charge on any atom is -0.480 e. The fourth-order valence-electron chi connectivity index (χ4n) is 1.70. The smallest absolute Gasteiger partial charge is 0.320 e. The maximum absolute atomic E-state index is 10.5. The average Bonchev–Trinajstić information content (AvgIpc) is 2.08. The molecule has 0 aliphatic heterocycles. The summed E-state index contributed by atoms with van der Waals surface area (Å²) >= 11 is 0. The first-order valence-electron chi connectivity index (χ1n) is 4.78. The van der Waals surface area contributed by atoms with Crippen LogP contribution >= 0.6 is 0 Å². The van der Waals surface area contributed by atoms with Crippen molar-refractivity contribution in [2.45, 2.75) is 50.8 Å². The minimum atomic E-state index is -0.863. The first-order valence-corrected chi connectivity index (χ1v) is 4.78. The normalized spacial score (nSPS) is 31.2. The van der Waals surface area contributed by atoms with Gasteiger partial charge in [-0.1, -0.05) is 12.8 Å². The monoisotopic (exact) mass is 187 g/mol. The highest BCUT2D eigenvalue weighted by Crippen LogP contribution is 2.18. The Morgan fingerprint density at radius 2 is 2.08 bits per heavy atom. The number of carbonyl (C=O) groups is 1. The van der Waals surface area contributed by atoms with Gasteiger partial charge in [-0.05, 0) is 19.8 Å². The molecule has 1 aliphatic carbocycles. The molecule has 0 aromatic rings. The van der Waals surface area contributed by atoms with E-state index in [9.17, 15) is 9.90 Å². The quantitative estimate of drug-likeness (QED) is 0.596. The molecule has 3 atom stereocenters. The van der Waals surface area contributed by atoms with E-state index in [0.29, 0.717) is 0 Å². The van der Waals surface area contributed by atoms with Crippen LogP contribution in [-0.4, -0.2) is 34.4 Å². The van der Waals surface area contributed by atoms with Gasteiger partial charge in [0.15, 0.2) is 0 Å². The topological polar surface area (TPSA) is 69.6 Å². The van der Waals surface area contributed by atoms with E-state index in [1.165, 1.54) is 0 Å². The Hall–Kier alpha value is -0.610. The van der Waals surface area contributed by atoms with Crippen LogP contribution in [0.3, 0.4) is 0 Å². The van der Waals surface area contributed by atoms with E-state index in [1.54, 1.807) is 6.92 Å². The molecule has 13 heavy (non-hydrogen) atoms. The molecule has 0 saturated heterocycles. The van der Waals surface area contributed by atoms with Crippen molar-refractivity contribution >= 4 is 5.97 Å². The van der Waals surface area contributed by atoms with Crippen molar-refractivity contribution in [3.05, 3.63) is 0 Å². The van der Waals surface area contributed by atoms with Gasteiger partial charge in [0.1, 0.15) is 6.04 Å². The first-order chi connectivity index (χ1) is 6.11. The number of rotatable bonds is 3. The summed E-state index contributed by atoms with van der Waals surface area (Å²) < 4.78 is 0. The zero-order valence-corrected chi connectivity index (χ0v) is 7.86. The molecule has 4 heteroatoms. The number of nitrogens with one attached hydrogen (secondary N) is 1. The molecule has 0 aromatic heterocycles. The van der Waals surface area contributed by atoms with Crippen LogP contribution in [0.5, 0.6) is 0 Å². The highest BCUT2D eigenvalue weighted by Gasteiger charge is 2.25. The van der Waals surface area contributed by atoms with E-state index < -0.39 is 12.0 Å². The lowest BCUT2D eigenvalue weighted by molar-refractivity contribution is -0.139. The van der Waals surface area contributed by atoms with Gasteiger partial charge in [0.05, 0.1) is 6.10 Å². The lowest BCUT2D eigenvalue weighted by Crippen LogP contribution is -2.48. The third-order valence-corrected chi connectivity index (χ3v) is 2.56. The number of hydrogen-bond acceptors (Lipinski definition) is 3. The highest BCUT2D eigenvalue weighted by atomic mass is 16.4. The molecule has 0 aromatic carbocycles. The second-order valence-electron chi connectivity index (χ2n) is 3.68. The van der Waals surface area contributed by atoms with Crippen molar-refractivity contribution in [3.63, 3.8) is 0 Å².